The molecule has 1 aromatic rings. The molecule has 2 N–H and O–H groups in total. The van der Waals surface area contributed by atoms with Gasteiger partial charge < -0.3 is 5.73 Å². The maximum Gasteiger partial charge on any atom is 0.123 e. The van der Waals surface area contributed by atoms with Crippen molar-refractivity contribution in [2.45, 2.75) is 18.9 Å². The molecule has 0 heterocycles. The van der Waals surface area contributed by atoms with Crippen LogP contribution in [-0.4, -0.2) is 0 Å². The van der Waals surface area contributed by atoms with Crippen LogP contribution in [0.2, 0.25) is 0 Å². The predicted molar refractivity (Wildman–Crippen MR) is 60.0 cm³/mol. The Balaban J connectivity index is 0.00000169. The van der Waals surface area contributed by atoms with Crippen LogP contribution in [0.25, 0.3) is 0 Å². The van der Waals surface area contributed by atoms with E-state index in [4.69, 9.17) is 5.73 Å². The van der Waals surface area contributed by atoms with Gasteiger partial charge in [-0.25, -0.2) is 4.39 Å². The van der Waals surface area contributed by atoms with Crippen molar-refractivity contribution in [3.05, 3.63) is 48.3 Å². The van der Waals surface area contributed by atoms with Gasteiger partial charge in [0.15, 0.2) is 0 Å². The Labute approximate surface area is 90.2 Å². The second-order valence-electron chi connectivity index (χ2n) is 3.03. The van der Waals surface area contributed by atoms with E-state index in [1.54, 1.807) is 6.07 Å². The lowest BCUT2D eigenvalue weighted by molar-refractivity contribution is 0.611. The first-order valence-corrected chi connectivity index (χ1v) is 4.36. The summed E-state index contributed by atoms with van der Waals surface area (Å²) in [6, 6.07) is 6.33. The van der Waals surface area contributed by atoms with Crippen LogP contribution in [0, 0.1) is 5.82 Å². The van der Waals surface area contributed by atoms with Crippen LogP contribution in [0.3, 0.4) is 0 Å². The largest absolute Gasteiger partial charge is 0.324 e. The number of hydrogen-bond donors (Lipinski definition) is 1. The van der Waals surface area contributed by atoms with E-state index in [-0.39, 0.29) is 24.3 Å². The van der Waals surface area contributed by atoms with Crippen LogP contribution in [0.4, 0.5) is 4.39 Å². The molecule has 0 aliphatic heterocycles. The van der Waals surface area contributed by atoms with Crippen LogP contribution in [0.15, 0.2) is 36.9 Å². The fraction of sp³-hybridized carbons (Fsp3) is 0.273. The summed E-state index contributed by atoms with van der Waals surface area (Å²) in [7, 11) is 0. The lowest BCUT2D eigenvalue weighted by Gasteiger charge is -2.10. The molecule has 0 saturated heterocycles. The molecule has 0 aliphatic rings. The van der Waals surface area contributed by atoms with Crippen molar-refractivity contribution in [2.24, 2.45) is 5.73 Å². The lowest BCUT2D eigenvalue weighted by atomic mass is 10.0. The number of hydrogen-bond acceptors (Lipinski definition) is 1. The number of allylic oxidation sites excluding steroid dienone is 1. The Morgan fingerprint density at radius 3 is 2.79 bits per heavy atom. The second-order valence-corrected chi connectivity index (χ2v) is 3.03. The van der Waals surface area contributed by atoms with E-state index >= 15 is 0 Å². The summed E-state index contributed by atoms with van der Waals surface area (Å²) >= 11 is 0. The van der Waals surface area contributed by atoms with Crippen LogP contribution in [0.1, 0.15) is 24.4 Å². The molecule has 0 aromatic heterocycles. The number of nitrogens with two attached hydrogens (primary N) is 1. The number of halogens is 2. The minimum Gasteiger partial charge on any atom is -0.324 e. The van der Waals surface area contributed by atoms with Crippen LogP contribution < -0.4 is 5.73 Å². The molecule has 0 fully saturated rings. The quantitative estimate of drug-likeness (QED) is 0.767. The normalized spacial score (nSPS) is 11.6. The maximum atomic E-state index is 12.8. The molecule has 0 saturated carbocycles. The Bertz CT molecular complexity index is 288. The topological polar surface area (TPSA) is 26.0 Å². The maximum absolute atomic E-state index is 12.8. The highest BCUT2D eigenvalue weighted by Gasteiger charge is 2.04. The van der Waals surface area contributed by atoms with Crippen LogP contribution >= 0.6 is 12.4 Å². The van der Waals surface area contributed by atoms with Crippen LogP contribution in [-0.2, 0) is 0 Å². The van der Waals surface area contributed by atoms with Gasteiger partial charge in [0.1, 0.15) is 5.82 Å². The number of rotatable bonds is 4. The first-order chi connectivity index (χ1) is 6.24. The molecule has 0 unspecified atom stereocenters. The molecule has 0 radical (unpaired) electrons. The second kappa shape index (κ2) is 6.57. The SMILES string of the molecule is C=CCC[C@@H](N)c1cccc(F)c1.Cl. The minimum absolute atomic E-state index is 0. The molecule has 1 atom stereocenters. The molecule has 78 valence electrons. The average molecular weight is 216 g/mol. The van der Waals surface area contributed by atoms with Gasteiger partial charge in [-0.1, -0.05) is 18.2 Å². The van der Waals surface area contributed by atoms with E-state index < -0.39 is 0 Å². The molecule has 1 nitrogen and oxygen atoms in total. The third-order valence-electron chi connectivity index (χ3n) is 1.96. The van der Waals surface area contributed by atoms with Gasteiger partial charge in [-0.15, -0.1) is 19.0 Å². The van der Waals surface area contributed by atoms with Gasteiger partial charge in [-0.2, -0.15) is 0 Å². The van der Waals surface area contributed by atoms with Gasteiger partial charge >= 0.3 is 0 Å². The average Bonchev–Trinajstić information content (AvgIpc) is 2.14. The van der Waals surface area contributed by atoms with E-state index in [1.165, 1.54) is 12.1 Å². The molecule has 1 rings (SSSR count). The lowest BCUT2D eigenvalue weighted by Crippen LogP contribution is -2.09. The monoisotopic (exact) mass is 215 g/mol. The predicted octanol–water partition coefficient (Wildman–Crippen LogP) is 3.21. The van der Waals surface area contributed by atoms with Crippen molar-refractivity contribution in [3.8, 4) is 0 Å². The smallest absolute Gasteiger partial charge is 0.123 e. The van der Waals surface area contributed by atoms with Crippen molar-refractivity contribution in [1.82, 2.24) is 0 Å². The van der Waals surface area contributed by atoms with Crippen molar-refractivity contribution in [3.63, 3.8) is 0 Å². The fourth-order valence-corrected chi connectivity index (χ4v) is 1.20. The third-order valence-corrected chi connectivity index (χ3v) is 1.96. The molecular formula is C11H15ClFN. The van der Waals surface area contributed by atoms with E-state index in [0.717, 1.165) is 18.4 Å². The van der Waals surface area contributed by atoms with Gasteiger partial charge in [0.2, 0.25) is 0 Å². The van der Waals surface area contributed by atoms with Crippen molar-refractivity contribution in [2.75, 3.05) is 0 Å². The molecule has 0 aliphatic carbocycles. The summed E-state index contributed by atoms with van der Waals surface area (Å²) < 4.78 is 12.8. The molecule has 3 heteroatoms. The highest BCUT2D eigenvalue weighted by atomic mass is 35.5. The highest BCUT2D eigenvalue weighted by molar-refractivity contribution is 5.85. The molecule has 0 amide bonds. The molecule has 1 aromatic carbocycles. The Hall–Kier alpha value is -0.860. The number of benzene rings is 1. The van der Waals surface area contributed by atoms with Gasteiger partial charge in [0.05, 0.1) is 0 Å². The summed E-state index contributed by atoms with van der Waals surface area (Å²) in [6.45, 7) is 3.61. The third kappa shape index (κ3) is 3.90. The van der Waals surface area contributed by atoms with Crippen molar-refractivity contribution in [1.29, 1.82) is 0 Å². The summed E-state index contributed by atoms with van der Waals surface area (Å²) in [4.78, 5) is 0. The zero-order valence-electron chi connectivity index (χ0n) is 7.95. The Morgan fingerprint density at radius 2 is 2.21 bits per heavy atom. The molecule has 0 bridgehead atoms. The van der Waals surface area contributed by atoms with E-state index in [0.29, 0.717) is 0 Å². The minimum atomic E-state index is -0.230. The first kappa shape index (κ1) is 13.1. The van der Waals surface area contributed by atoms with Gasteiger partial charge in [-0.3, -0.25) is 0 Å². The highest BCUT2D eigenvalue weighted by Crippen LogP contribution is 2.16. The van der Waals surface area contributed by atoms with E-state index in [2.05, 4.69) is 6.58 Å². The van der Waals surface area contributed by atoms with Crippen molar-refractivity contribution >= 4 is 12.4 Å². The standard InChI is InChI=1S/C11H14FN.ClH/c1-2-3-7-11(13)9-5-4-6-10(12)8-9;/h2,4-6,8,11H,1,3,7,13H2;1H/t11-;/m1./s1. The summed E-state index contributed by atoms with van der Waals surface area (Å²) in [6.07, 6.45) is 3.49. The fourth-order valence-electron chi connectivity index (χ4n) is 1.20. The first-order valence-electron chi connectivity index (χ1n) is 4.36. The molecule has 14 heavy (non-hydrogen) atoms. The van der Waals surface area contributed by atoms with Crippen molar-refractivity contribution < 1.29 is 4.39 Å². The Kier molecular flexibility index (Phi) is 6.17. The zero-order valence-corrected chi connectivity index (χ0v) is 8.77. The van der Waals surface area contributed by atoms with E-state index in [1.807, 2.05) is 12.1 Å². The van der Waals surface area contributed by atoms with Gasteiger partial charge in [0, 0.05) is 6.04 Å². The molecule has 0 spiro atoms. The van der Waals surface area contributed by atoms with Gasteiger partial charge in [-0.05, 0) is 30.5 Å². The van der Waals surface area contributed by atoms with Gasteiger partial charge in [0.25, 0.3) is 0 Å². The summed E-state index contributed by atoms with van der Waals surface area (Å²) in [5, 5.41) is 0. The van der Waals surface area contributed by atoms with Crippen LogP contribution in [0.5, 0.6) is 0 Å². The summed E-state index contributed by atoms with van der Waals surface area (Å²) in [5.41, 5.74) is 6.68. The zero-order chi connectivity index (χ0) is 9.68. The Morgan fingerprint density at radius 1 is 1.50 bits per heavy atom. The van der Waals surface area contributed by atoms with E-state index in [9.17, 15) is 4.39 Å². The molecular weight excluding hydrogens is 201 g/mol. The summed E-state index contributed by atoms with van der Waals surface area (Å²) in [5.74, 6) is -0.230.